The zero-order chi connectivity index (χ0) is 13.3. The summed E-state index contributed by atoms with van der Waals surface area (Å²) in [5.41, 5.74) is 0. The molecule has 0 saturated heterocycles. The van der Waals surface area contributed by atoms with Gasteiger partial charge in [-0.05, 0) is 6.42 Å². The smallest absolute Gasteiger partial charge is 0.408 e. The van der Waals surface area contributed by atoms with Gasteiger partial charge >= 0.3 is 18.0 Å². The van der Waals surface area contributed by atoms with Gasteiger partial charge in [-0.2, -0.15) is 0 Å². The first-order valence-corrected chi connectivity index (χ1v) is 5.15. The van der Waals surface area contributed by atoms with Crippen molar-refractivity contribution in [2.45, 2.75) is 25.8 Å². The van der Waals surface area contributed by atoms with E-state index in [2.05, 4.69) is 14.8 Å². The third-order valence-corrected chi connectivity index (χ3v) is 1.87. The number of amides is 1. The number of carbonyl (C=O) groups is 3. The average molecular weight is 247 g/mol. The summed E-state index contributed by atoms with van der Waals surface area (Å²) in [6.45, 7) is 2.16. The van der Waals surface area contributed by atoms with Gasteiger partial charge in [0.15, 0.2) is 0 Å². The largest absolute Gasteiger partial charge is 0.467 e. The molecule has 0 aromatic rings. The van der Waals surface area contributed by atoms with Crippen molar-refractivity contribution in [1.82, 2.24) is 5.32 Å². The molecule has 0 aromatic carbocycles. The van der Waals surface area contributed by atoms with Crippen LogP contribution in [0.25, 0.3) is 0 Å². The number of nitrogens with one attached hydrogen (secondary N) is 1. The summed E-state index contributed by atoms with van der Waals surface area (Å²) in [5, 5.41) is 2.07. The van der Waals surface area contributed by atoms with Crippen molar-refractivity contribution in [2.75, 3.05) is 20.8 Å². The highest BCUT2D eigenvalue weighted by molar-refractivity contribution is 6.01. The van der Waals surface area contributed by atoms with Crippen LogP contribution < -0.4 is 5.32 Å². The number of hydrogen-bond donors (Lipinski definition) is 1. The number of carbonyl (C=O) groups excluding carboxylic acids is 3. The van der Waals surface area contributed by atoms with Crippen molar-refractivity contribution in [1.29, 1.82) is 0 Å². The molecule has 98 valence electrons. The van der Waals surface area contributed by atoms with Gasteiger partial charge in [0, 0.05) is 0 Å². The molecule has 0 radical (unpaired) electrons. The Bertz CT molecular complexity index is 262. The van der Waals surface area contributed by atoms with Gasteiger partial charge in [-0.1, -0.05) is 13.3 Å². The van der Waals surface area contributed by atoms with Gasteiger partial charge in [-0.3, -0.25) is 5.32 Å². The Kier molecular flexibility index (Phi) is 7.49. The van der Waals surface area contributed by atoms with Crippen molar-refractivity contribution >= 4 is 18.0 Å². The second kappa shape index (κ2) is 8.37. The molecule has 0 bridgehead atoms. The van der Waals surface area contributed by atoms with Crippen LogP contribution >= 0.6 is 0 Å². The number of methoxy groups -OCH3 is 2. The summed E-state index contributed by atoms with van der Waals surface area (Å²) in [6, 6.07) is -1.50. The van der Waals surface area contributed by atoms with E-state index in [0.717, 1.165) is 20.6 Å². The second-order valence-electron chi connectivity index (χ2n) is 3.11. The normalized spacial score (nSPS) is 9.65. The zero-order valence-electron chi connectivity index (χ0n) is 10.1. The van der Waals surface area contributed by atoms with Gasteiger partial charge in [0.25, 0.3) is 0 Å². The minimum atomic E-state index is -1.50. The van der Waals surface area contributed by atoms with E-state index in [-0.39, 0.29) is 6.61 Å². The maximum absolute atomic E-state index is 11.2. The van der Waals surface area contributed by atoms with Gasteiger partial charge < -0.3 is 14.2 Å². The Morgan fingerprint density at radius 3 is 2.06 bits per heavy atom. The quantitative estimate of drug-likeness (QED) is 0.312. The van der Waals surface area contributed by atoms with Gasteiger partial charge in [0.2, 0.25) is 6.04 Å². The van der Waals surface area contributed by atoms with Crippen LogP contribution in [0.2, 0.25) is 0 Å². The van der Waals surface area contributed by atoms with Gasteiger partial charge in [0.1, 0.15) is 0 Å². The van der Waals surface area contributed by atoms with Crippen LogP contribution in [-0.2, 0) is 23.8 Å². The monoisotopic (exact) mass is 247 g/mol. The minimum absolute atomic E-state index is 0.220. The van der Waals surface area contributed by atoms with Crippen LogP contribution in [0.5, 0.6) is 0 Å². The highest BCUT2D eigenvalue weighted by Gasteiger charge is 2.30. The van der Waals surface area contributed by atoms with Crippen molar-refractivity contribution in [2.24, 2.45) is 0 Å². The Morgan fingerprint density at radius 2 is 1.65 bits per heavy atom. The van der Waals surface area contributed by atoms with Crippen molar-refractivity contribution < 1.29 is 28.6 Å². The van der Waals surface area contributed by atoms with E-state index < -0.39 is 24.1 Å². The zero-order valence-corrected chi connectivity index (χ0v) is 10.1. The molecule has 0 atom stereocenters. The first-order chi connectivity index (χ1) is 8.06. The van der Waals surface area contributed by atoms with Crippen molar-refractivity contribution in [3.8, 4) is 0 Å². The lowest BCUT2D eigenvalue weighted by molar-refractivity contribution is -0.155. The van der Waals surface area contributed by atoms with E-state index in [1.54, 1.807) is 0 Å². The predicted octanol–water partition coefficient (Wildman–Crippen LogP) is 0.227. The number of unbranched alkanes of at least 4 members (excludes halogenated alkanes) is 1. The molecule has 17 heavy (non-hydrogen) atoms. The Hall–Kier alpha value is -1.79. The van der Waals surface area contributed by atoms with Crippen LogP contribution in [0.3, 0.4) is 0 Å². The molecule has 0 aliphatic heterocycles. The first-order valence-electron chi connectivity index (χ1n) is 5.15. The predicted molar refractivity (Wildman–Crippen MR) is 57.2 cm³/mol. The minimum Gasteiger partial charge on any atom is -0.467 e. The van der Waals surface area contributed by atoms with E-state index in [1.807, 2.05) is 6.92 Å². The lowest BCUT2D eigenvalue weighted by Crippen LogP contribution is -2.47. The molecular formula is C10H17NO6. The number of ether oxygens (including phenoxy) is 3. The molecule has 0 aliphatic rings. The maximum Gasteiger partial charge on any atom is 0.408 e. The number of rotatable bonds is 6. The second-order valence-corrected chi connectivity index (χ2v) is 3.11. The Labute approximate surface area is 99.4 Å². The SMILES string of the molecule is CCCCOC(=O)NC(C(=O)OC)C(=O)OC. The van der Waals surface area contributed by atoms with Crippen LogP contribution in [-0.4, -0.2) is 44.9 Å². The molecule has 0 fully saturated rings. The lowest BCUT2D eigenvalue weighted by atomic mass is 10.3. The molecule has 0 heterocycles. The summed E-state index contributed by atoms with van der Waals surface area (Å²) in [7, 11) is 2.20. The summed E-state index contributed by atoms with van der Waals surface area (Å²) in [5.74, 6) is -1.83. The third kappa shape index (κ3) is 5.74. The highest BCUT2D eigenvalue weighted by Crippen LogP contribution is 1.94. The summed E-state index contributed by atoms with van der Waals surface area (Å²) >= 11 is 0. The summed E-state index contributed by atoms with van der Waals surface area (Å²) in [6.07, 6.45) is 0.707. The highest BCUT2D eigenvalue weighted by atomic mass is 16.6. The maximum atomic E-state index is 11.2. The fraction of sp³-hybridized carbons (Fsp3) is 0.700. The number of esters is 2. The molecular weight excluding hydrogens is 230 g/mol. The van der Waals surface area contributed by atoms with Crippen LogP contribution in [0.4, 0.5) is 4.79 Å². The van der Waals surface area contributed by atoms with E-state index in [0.29, 0.717) is 6.42 Å². The molecule has 0 aromatic heterocycles. The number of hydrogen-bond acceptors (Lipinski definition) is 6. The van der Waals surface area contributed by atoms with Gasteiger partial charge in [-0.25, -0.2) is 14.4 Å². The van der Waals surface area contributed by atoms with Crippen LogP contribution in [0, 0.1) is 0 Å². The van der Waals surface area contributed by atoms with E-state index in [1.165, 1.54) is 0 Å². The standard InChI is InChI=1S/C10H17NO6/c1-4-5-6-17-10(14)11-7(8(12)15-2)9(13)16-3/h7H,4-6H2,1-3H3,(H,11,14). The molecule has 0 unspecified atom stereocenters. The molecule has 0 aliphatic carbocycles. The van der Waals surface area contributed by atoms with Crippen molar-refractivity contribution in [3.05, 3.63) is 0 Å². The Morgan fingerprint density at radius 1 is 1.12 bits per heavy atom. The fourth-order valence-electron chi connectivity index (χ4n) is 0.919. The number of alkyl carbamates (subject to hydrolysis) is 1. The average Bonchev–Trinajstić information content (AvgIpc) is 2.34. The fourth-order valence-corrected chi connectivity index (χ4v) is 0.919. The van der Waals surface area contributed by atoms with E-state index in [4.69, 9.17) is 4.74 Å². The summed E-state index contributed by atoms with van der Waals surface area (Å²) in [4.78, 5) is 33.6. The summed E-state index contributed by atoms with van der Waals surface area (Å²) < 4.78 is 13.4. The third-order valence-electron chi connectivity index (χ3n) is 1.87. The molecule has 7 heteroatoms. The molecule has 1 N–H and O–H groups in total. The topological polar surface area (TPSA) is 90.9 Å². The van der Waals surface area contributed by atoms with Gasteiger partial charge in [-0.15, -0.1) is 0 Å². The molecule has 0 rings (SSSR count). The molecule has 1 amide bonds. The van der Waals surface area contributed by atoms with Crippen molar-refractivity contribution in [3.63, 3.8) is 0 Å². The van der Waals surface area contributed by atoms with Gasteiger partial charge in [0.05, 0.1) is 20.8 Å². The molecule has 0 saturated carbocycles. The molecule has 7 nitrogen and oxygen atoms in total. The molecule has 0 spiro atoms. The Balaban J connectivity index is 4.28. The van der Waals surface area contributed by atoms with Crippen LogP contribution in [0.15, 0.2) is 0 Å². The van der Waals surface area contributed by atoms with Crippen LogP contribution in [0.1, 0.15) is 19.8 Å². The lowest BCUT2D eigenvalue weighted by Gasteiger charge is -2.13. The van der Waals surface area contributed by atoms with E-state index in [9.17, 15) is 14.4 Å². The van der Waals surface area contributed by atoms with E-state index >= 15 is 0 Å². The first kappa shape index (κ1) is 15.2.